The third-order valence-electron chi connectivity index (χ3n) is 4.28. The van der Waals surface area contributed by atoms with Crippen LogP contribution in [0.3, 0.4) is 0 Å². The lowest BCUT2D eigenvalue weighted by Gasteiger charge is -2.30. The Morgan fingerprint density at radius 2 is 1.79 bits per heavy atom. The number of hydrogen-bond acceptors (Lipinski definition) is 3. The molecule has 5 nitrogen and oxygen atoms in total. The van der Waals surface area contributed by atoms with Crippen molar-refractivity contribution in [3.63, 3.8) is 0 Å². The summed E-state index contributed by atoms with van der Waals surface area (Å²) >= 11 is 0. The van der Waals surface area contributed by atoms with E-state index in [0.29, 0.717) is 24.8 Å². The number of nitrogens with zero attached hydrogens (tertiary/aromatic N) is 1. The van der Waals surface area contributed by atoms with Crippen LogP contribution in [0.4, 0.5) is 4.39 Å². The summed E-state index contributed by atoms with van der Waals surface area (Å²) in [6.07, 6.45) is 4.84. The highest BCUT2D eigenvalue weighted by molar-refractivity contribution is 5.97. The van der Waals surface area contributed by atoms with Crippen LogP contribution in [0.15, 0.2) is 24.3 Å². The van der Waals surface area contributed by atoms with Crippen molar-refractivity contribution in [2.24, 2.45) is 0 Å². The zero-order valence-corrected chi connectivity index (χ0v) is 13.8. The van der Waals surface area contributed by atoms with Crippen LogP contribution in [-0.2, 0) is 4.79 Å². The van der Waals surface area contributed by atoms with Crippen LogP contribution in [0, 0.1) is 5.82 Å². The second-order valence-electron chi connectivity index (χ2n) is 6.14. The van der Waals surface area contributed by atoms with Crippen LogP contribution in [0.2, 0.25) is 0 Å². The Morgan fingerprint density at radius 1 is 1.12 bits per heavy atom. The molecule has 1 heterocycles. The molecule has 1 aliphatic rings. The number of aliphatic hydroxyl groups excluding tert-OH is 1. The SMILES string of the molecule is O=C(NC(CCCCO)C(=O)N1CCCCC1)c1ccc(F)cc1. The Bertz CT molecular complexity index is 542. The van der Waals surface area contributed by atoms with Gasteiger partial charge in [-0.05, 0) is 62.8 Å². The van der Waals surface area contributed by atoms with Crippen LogP contribution in [0.5, 0.6) is 0 Å². The normalized spacial score (nSPS) is 15.8. The van der Waals surface area contributed by atoms with Crippen molar-refractivity contribution in [3.8, 4) is 0 Å². The molecule has 2 rings (SSSR count). The number of amides is 2. The minimum absolute atomic E-state index is 0.0660. The summed E-state index contributed by atoms with van der Waals surface area (Å²) < 4.78 is 13.0. The molecule has 2 amide bonds. The minimum Gasteiger partial charge on any atom is -0.396 e. The molecule has 1 aromatic carbocycles. The third-order valence-corrected chi connectivity index (χ3v) is 4.28. The van der Waals surface area contributed by atoms with Crippen molar-refractivity contribution in [1.29, 1.82) is 0 Å². The molecule has 6 heteroatoms. The van der Waals surface area contributed by atoms with Gasteiger partial charge in [0.25, 0.3) is 5.91 Å². The van der Waals surface area contributed by atoms with Crippen molar-refractivity contribution in [1.82, 2.24) is 10.2 Å². The van der Waals surface area contributed by atoms with Gasteiger partial charge in [0.15, 0.2) is 0 Å². The van der Waals surface area contributed by atoms with Crippen molar-refractivity contribution >= 4 is 11.8 Å². The van der Waals surface area contributed by atoms with E-state index in [1.807, 2.05) is 0 Å². The summed E-state index contributed by atoms with van der Waals surface area (Å²) in [6, 6.07) is 4.65. The standard InChI is InChI=1S/C18H25FN2O3/c19-15-9-7-14(8-10-15)17(23)20-16(6-2-5-13-22)18(24)21-11-3-1-4-12-21/h7-10,16,22H,1-6,11-13H2,(H,20,23). The molecule has 0 aromatic heterocycles. The van der Waals surface area contributed by atoms with Gasteiger partial charge in [-0.2, -0.15) is 0 Å². The third kappa shape index (κ3) is 5.30. The molecule has 0 radical (unpaired) electrons. The second kappa shape index (κ2) is 9.37. The number of nitrogens with one attached hydrogen (secondary N) is 1. The quantitative estimate of drug-likeness (QED) is 0.749. The van der Waals surface area contributed by atoms with Crippen LogP contribution in [0.1, 0.15) is 48.9 Å². The van der Waals surface area contributed by atoms with Crippen LogP contribution < -0.4 is 5.32 Å². The lowest BCUT2D eigenvalue weighted by atomic mass is 10.0. The molecule has 0 saturated carbocycles. The van der Waals surface area contributed by atoms with E-state index in [9.17, 15) is 14.0 Å². The summed E-state index contributed by atoms with van der Waals surface area (Å²) in [5.41, 5.74) is 0.329. The van der Waals surface area contributed by atoms with Gasteiger partial charge in [0, 0.05) is 25.3 Å². The molecular weight excluding hydrogens is 311 g/mol. The molecular formula is C18H25FN2O3. The lowest BCUT2D eigenvalue weighted by Crippen LogP contribution is -2.50. The van der Waals surface area contributed by atoms with E-state index in [-0.39, 0.29) is 18.4 Å². The Balaban J connectivity index is 2.02. The molecule has 1 aromatic rings. The van der Waals surface area contributed by atoms with E-state index < -0.39 is 11.9 Å². The first-order valence-electron chi connectivity index (χ1n) is 8.58. The van der Waals surface area contributed by atoms with E-state index in [1.54, 1.807) is 4.90 Å². The Labute approximate surface area is 141 Å². The highest BCUT2D eigenvalue weighted by Crippen LogP contribution is 2.13. The van der Waals surface area contributed by atoms with Gasteiger partial charge in [-0.25, -0.2) is 4.39 Å². The van der Waals surface area contributed by atoms with Crippen LogP contribution in [-0.4, -0.2) is 47.6 Å². The first kappa shape index (κ1) is 18.4. The average Bonchev–Trinajstić information content (AvgIpc) is 2.61. The number of benzene rings is 1. The zero-order valence-electron chi connectivity index (χ0n) is 13.8. The fourth-order valence-electron chi connectivity index (χ4n) is 2.90. The summed E-state index contributed by atoms with van der Waals surface area (Å²) in [5.74, 6) is -0.854. The molecule has 1 aliphatic heterocycles. The van der Waals surface area contributed by atoms with E-state index in [4.69, 9.17) is 5.11 Å². The van der Waals surface area contributed by atoms with Gasteiger partial charge in [0.2, 0.25) is 5.91 Å². The largest absolute Gasteiger partial charge is 0.396 e. The van der Waals surface area contributed by atoms with Gasteiger partial charge in [0.05, 0.1) is 0 Å². The molecule has 1 atom stereocenters. The molecule has 132 valence electrons. The Hall–Kier alpha value is -1.95. The van der Waals surface area contributed by atoms with Crippen molar-refractivity contribution in [3.05, 3.63) is 35.6 Å². The fourth-order valence-corrected chi connectivity index (χ4v) is 2.90. The van der Waals surface area contributed by atoms with Gasteiger partial charge in [-0.1, -0.05) is 0 Å². The molecule has 0 spiro atoms. The predicted octanol–water partition coefficient (Wildman–Crippen LogP) is 2.10. The maximum Gasteiger partial charge on any atom is 0.251 e. The number of hydrogen-bond donors (Lipinski definition) is 2. The number of piperidine rings is 1. The minimum atomic E-state index is -0.604. The molecule has 0 bridgehead atoms. The van der Waals surface area contributed by atoms with Gasteiger partial charge in [-0.3, -0.25) is 9.59 Å². The number of halogens is 1. The van der Waals surface area contributed by atoms with Gasteiger partial charge in [0.1, 0.15) is 11.9 Å². The van der Waals surface area contributed by atoms with Crippen molar-refractivity contribution in [2.45, 2.75) is 44.6 Å². The number of unbranched alkanes of at least 4 members (excludes halogenated alkanes) is 1. The van der Waals surface area contributed by atoms with Crippen molar-refractivity contribution in [2.75, 3.05) is 19.7 Å². The number of aliphatic hydroxyl groups is 1. The highest BCUT2D eigenvalue weighted by atomic mass is 19.1. The van der Waals surface area contributed by atoms with E-state index in [2.05, 4.69) is 5.32 Å². The molecule has 1 saturated heterocycles. The number of carbonyl (C=O) groups is 2. The second-order valence-corrected chi connectivity index (χ2v) is 6.14. The monoisotopic (exact) mass is 336 g/mol. The predicted molar refractivity (Wildman–Crippen MR) is 89.0 cm³/mol. The molecule has 0 aliphatic carbocycles. The molecule has 24 heavy (non-hydrogen) atoms. The van der Waals surface area contributed by atoms with E-state index in [0.717, 1.165) is 32.4 Å². The summed E-state index contributed by atoms with van der Waals surface area (Å²) in [5, 5.41) is 11.7. The van der Waals surface area contributed by atoms with Gasteiger partial charge >= 0.3 is 0 Å². The smallest absolute Gasteiger partial charge is 0.251 e. The fraction of sp³-hybridized carbons (Fsp3) is 0.556. The Morgan fingerprint density at radius 3 is 2.42 bits per heavy atom. The first-order chi connectivity index (χ1) is 11.6. The van der Waals surface area contributed by atoms with Crippen LogP contribution in [0.25, 0.3) is 0 Å². The number of carbonyl (C=O) groups excluding carboxylic acids is 2. The molecule has 1 unspecified atom stereocenters. The number of rotatable bonds is 7. The maximum atomic E-state index is 13.0. The molecule has 2 N–H and O–H groups in total. The van der Waals surface area contributed by atoms with E-state index in [1.165, 1.54) is 24.3 Å². The first-order valence-corrected chi connectivity index (χ1v) is 8.58. The maximum absolute atomic E-state index is 13.0. The lowest BCUT2D eigenvalue weighted by molar-refractivity contribution is -0.134. The summed E-state index contributed by atoms with van der Waals surface area (Å²) in [4.78, 5) is 26.8. The van der Waals surface area contributed by atoms with Crippen molar-refractivity contribution < 1.29 is 19.1 Å². The summed E-state index contributed by atoms with van der Waals surface area (Å²) in [7, 11) is 0. The van der Waals surface area contributed by atoms with E-state index >= 15 is 0 Å². The van der Waals surface area contributed by atoms with Gasteiger partial charge < -0.3 is 15.3 Å². The zero-order chi connectivity index (χ0) is 17.4. The number of likely N-dealkylation sites (tertiary alicyclic amines) is 1. The Kier molecular flexibility index (Phi) is 7.18. The van der Waals surface area contributed by atoms with Gasteiger partial charge in [-0.15, -0.1) is 0 Å². The average molecular weight is 336 g/mol. The summed E-state index contributed by atoms with van der Waals surface area (Å²) in [6.45, 7) is 1.51. The van der Waals surface area contributed by atoms with Crippen LogP contribution >= 0.6 is 0 Å². The topological polar surface area (TPSA) is 69.6 Å². The molecule has 1 fully saturated rings. The highest BCUT2D eigenvalue weighted by Gasteiger charge is 2.26.